The van der Waals surface area contributed by atoms with Gasteiger partial charge in [0, 0.05) is 5.39 Å². The third kappa shape index (κ3) is 1.42. The number of rotatable bonds is 2. The smallest absolute Gasteiger partial charge is 0.348 e. The Bertz CT molecular complexity index is 537. The van der Waals surface area contributed by atoms with E-state index < -0.39 is 11.8 Å². The predicted octanol–water partition coefficient (Wildman–Crippen LogP) is 2.14. The Morgan fingerprint density at radius 3 is 2.93 bits per heavy atom. The minimum absolute atomic E-state index is 0.0338. The average Bonchev–Trinajstić information content (AvgIpc) is 2.62. The summed E-state index contributed by atoms with van der Waals surface area (Å²) in [6.07, 6.45) is 0. The maximum Gasteiger partial charge on any atom is 0.348 e. The standard InChI is InChI=1S/C9H6FNO3S/c1-14-5-3-2-4-7(6(5)10)11-15-8(4)9(12)13/h2-3H,1H3,(H,12,13). The van der Waals surface area contributed by atoms with E-state index in [2.05, 4.69) is 4.37 Å². The molecule has 4 nitrogen and oxygen atoms in total. The lowest BCUT2D eigenvalue weighted by Gasteiger charge is -2.00. The first-order chi connectivity index (χ1) is 7.15. The Hall–Kier alpha value is -1.69. The minimum Gasteiger partial charge on any atom is -0.494 e. The van der Waals surface area contributed by atoms with E-state index >= 15 is 0 Å². The zero-order valence-electron chi connectivity index (χ0n) is 7.65. The zero-order valence-corrected chi connectivity index (χ0v) is 8.47. The summed E-state index contributed by atoms with van der Waals surface area (Å²) in [4.78, 5) is 10.8. The van der Waals surface area contributed by atoms with Crippen LogP contribution in [0.5, 0.6) is 5.75 Å². The largest absolute Gasteiger partial charge is 0.494 e. The lowest BCUT2D eigenvalue weighted by Crippen LogP contribution is -1.93. The summed E-state index contributed by atoms with van der Waals surface area (Å²) in [7, 11) is 1.34. The molecule has 0 atom stereocenters. The Balaban J connectivity index is 2.76. The number of fused-ring (bicyclic) bond motifs is 1. The van der Waals surface area contributed by atoms with Gasteiger partial charge < -0.3 is 9.84 Å². The quantitative estimate of drug-likeness (QED) is 0.853. The van der Waals surface area contributed by atoms with Crippen molar-refractivity contribution in [1.29, 1.82) is 0 Å². The van der Waals surface area contributed by atoms with Crippen molar-refractivity contribution in [2.24, 2.45) is 0 Å². The fraction of sp³-hybridized carbons (Fsp3) is 0.111. The summed E-state index contributed by atoms with van der Waals surface area (Å²) in [5, 5.41) is 9.10. The number of hydrogen-bond acceptors (Lipinski definition) is 4. The first-order valence-corrected chi connectivity index (χ1v) is 4.77. The van der Waals surface area contributed by atoms with Crippen molar-refractivity contribution in [3.63, 3.8) is 0 Å². The molecule has 1 heterocycles. The number of halogens is 1. The van der Waals surface area contributed by atoms with Crippen molar-refractivity contribution in [2.45, 2.75) is 0 Å². The van der Waals surface area contributed by atoms with Gasteiger partial charge in [-0.3, -0.25) is 0 Å². The van der Waals surface area contributed by atoms with Gasteiger partial charge in [0.1, 0.15) is 10.4 Å². The van der Waals surface area contributed by atoms with Crippen LogP contribution < -0.4 is 4.74 Å². The molecule has 0 bridgehead atoms. The van der Waals surface area contributed by atoms with Gasteiger partial charge in [0.25, 0.3) is 0 Å². The second-order valence-corrected chi connectivity index (χ2v) is 3.57. The number of carboxylic acids is 1. The number of carboxylic acid groups (broad SMARTS) is 1. The van der Waals surface area contributed by atoms with Gasteiger partial charge in [0.2, 0.25) is 0 Å². The molecule has 6 heteroatoms. The molecule has 0 unspecified atom stereocenters. The van der Waals surface area contributed by atoms with Crippen molar-refractivity contribution in [1.82, 2.24) is 4.37 Å². The Morgan fingerprint density at radius 1 is 1.60 bits per heavy atom. The van der Waals surface area contributed by atoms with E-state index in [1.807, 2.05) is 0 Å². The molecule has 2 aromatic rings. The first kappa shape index (κ1) is 9.85. The summed E-state index contributed by atoms with van der Waals surface area (Å²) >= 11 is 0.759. The van der Waals surface area contributed by atoms with Gasteiger partial charge in [0.05, 0.1) is 7.11 Å². The number of hydrogen-bond donors (Lipinski definition) is 1. The maximum atomic E-state index is 13.6. The molecule has 1 aromatic carbocycles. The Labute approximate surface area is 88.1 Å². The third-order valence-corrected chi connectivity index (χ3v) is 2.82. The summed E-state index contributed by atoms with van der Waals surface area (Å²) in [5.74, 6) is -1.67. The van der Waals surface area contributed by atoms with Crippen LogP contribution in [0.15, 0.2) is 12.1 Å². The van der Waals surface area contributed by atoms with Crippen LogP contribution in [0, 0.1) is 5.82 Å². The fourth-order valence-electron chi connectivity index (χ4n) is 1.27. The van der Waals surface area contributed by atoms with Gasteiger partial charge in [-0.1, -0.05) is 0 Å². The van der Waals surface area contributed by atoms with Crippen LogP contribution in [0.4, 0.5) is 4.39 Å². The van der Waals surface area contributed by atoms with Crippen molar-refractivity contribution < 1.29 is 19.0 Å². The van der Waals surface area contributed by atoms with Crippen LogP contribution in [-0.4, -0.2) is 22.6 Å². The normalized spacial score (nSPS) is 10.5. The molecule has 0 amide bonds. The molecule has 0 fully saturated rings. The van der Waals surface area contributed by atoms with Crippen LogP contribution >= 0.6 is 11.5 Å². The van der Waals surface area contributed by atoms with Gasteiger partial charge in [0.15, 0.2) is 11.6 Å². The molecule has 0 radical (unpaired) electrons. The summed E-state index contributed by atoms with van der Waals surface area (Å²) in [5.41, 5.74) is 0.0387. The first-order valence-electron chi connectivity index (χ1n) is 4.00. The topological polar surface area (TPSA) is 59.4 Å². The lowest BCUT2D eigenvalue weighted by atomic mass is 10.2. The van der Waals surface area contributed by atoms with Crippen LogP contribution in [-0.2, 0) is 0 Å². The van der Waals surface area contributed by atoms with Gasteiger partial charge in [-0.15, -0.1) is 0 Å². The van der Waals surface area contributed by atoms with E-state index in [0.717, 1.165) is 11.5 Å². The second-order valence-electron chi connectivity index (χ2n) is 2.79. The fourth-order valence-corrected chi connectivity index (χ4v) is 1.97. The highest BCUT2D eigenvalue weighted by Gasteiger charge is 2.17. The molecule has 78 valence electrons. The Morgan fingerprint density at radius 2 is 2.33 bits per heavy atom. The van der Waals surface area contributed by atoms with E-state index in [9.17, 15) is 9.18 Å². The number of benzene rings is 1. The minimum atomic E-state index is -1.10. The summed E-state index contributed by atoms with van der Waals surface area (Å²) < 4.78 is 22.1. The zero-order chi connectivity index (χ0) is 11.0. The molecule has 15 heavy (non-hydrogen) atoms. The van der Waals surface area contributed by atoms with Gasteiger partial charge >= 0.3 is 5.97 Å². The number of methoxy groups -OCH3 is 1. The summed E-state index contributed by atoms with van der Waals surface area (Å²) in [6, 6.07) is 2.88. The van der Waals surface area contributed by atoms with E-state index in [1.54, 1.807) is 0 Å². The number of ether oxygens (including phenoxy) is 1. The summed E-state index contributed by atoms with van der Waals surface area (Å²) in [6.45, 7) is 0. The molecular formula is C9H6FNO3S. The average molecular weight is 227 g/mol. The molecule has 0 saturated carbocycles. The molecule has 2 rings (SSSR count). The van der Waals surface area contributed by atoms with E-state index in [-0.39, 0.29) is 16.1 Å². The predicted molar refractivity (Wildman–Crippen MR) is 53.1 cm³/mol. The second kappa shape index (κ2) is 3.47. The van der Waals surface area contributed by atoms with E-state index in [1.165, 1.54) is 19.2 Å². The van der Waals surface area contributed by atoms with Gasteiger partial charge in [-0.05, 0) is 23.7 Å². The van der Waals surface area contributed by atoms with Crippen molar-refractivity contribution >= 4 is 28.4 Å². The van der Waals surface area contributed by atoms with Crippen LogP contribution in [0.1, 0.15) is 9.67 Å². The highest BCUT2D eigenvalue weighted by atomic mass is 32.1. The molecule has 1 N–H and O–H groups in total. The lowest BCUT2D eigenvalue weighted by molar-refractivity contribution is 0.0704. The number of aromatic nitrogens is 1. The maximum absolute atomic E-state index is 13.6. The number of carbonyl (C=O) groups is 1. The molecule has 1 aromatic heterocycles. The van der Waals surface area contributed by atoms with E-state index in [4.69, 9.17) is 9.84 Å². The molecule has 0 saturated heterocycles. The Kier molecular flexibility index (Phi) is 2.28. The number of nitrogens with zero attached hydrogens (tertiary/aromatic N) is 1. The highest BCUT2D eigenvalue weighted by molar-refractivity contribution is 7.09. The van der Waals surface area contributed by atoms with E-state index in [0.29, 0.717) is 5.39 Å². The van der Waals surface area contributed by atoms with Gasteiger partial charge in [-0.25, -0.2) is 9.18 Å². The third-order valence-electron chi connectivity index (χ3n) is 1.97. The molecule has 0 aliphatic rings. The number of aromatic carboxylic acids is 1. The van der Waals surface area contributed by atoms with Crippen LogP contribution in [0.25, 0.3) is 10.9 Å². The van der Waals surface area contributed by atoms with Crippen LogP contribution in [0.2, 0.25) is 0 Å². The molecule has 0 aliphatic heterocycles. The van der Waals surface area contributed by atoms with Gasteiger partial charge in [-0.2, -0.15) is 4.37 Å². The van der Waals surface area contributed by atoms with Crippen LogP contribution in [0.3, 0.4) is 0 Å². The molecule has 0 spiro atoms. The van der Waals surface area contributed by atoms with Crippen molar-refractivity contribution in [3.05, 3.63) is 22.8 Å². The SMILES string of the molecule is COc1ccc2c(C(=O)O)snc2c1F. The van der Waals surface area contributed by atoms with Crippen molar-refractivity contribution in [2.75, 3.05) is 7.11 Å². The highest BCUT2D eigenvalue weighted by Crippen LogP contribution is 2.29. The monoisotopic (exact) mass is 227 g/mol. The molecular weight excluding hydrogens is 221 g/mol. The van der Waals surface area contributed by atoms with Crippen molar-refractivity contribution in [3.8, 4) is 5.75 Å². The molecule has 0 aliphatic carbocycles.